The van der Waals surface area contributed by atoms with Crippen LogP contribution in [0.1, 0.15) is 101 Å². The first-order chi connectivity index (χ1) is 9.29. The SMILES string of the molecule is C=CCC(C)(C)CC(C)(C)C(C)(C)CC(C)(C)CCCC. The Morgan fingerprint density at radius 1 is 0.762 bits per heavy atom. The summed E-state index contributed by atoms with van der Waals surface area (Å²) < 4.78 is 0. The van der Waals surface area contributed by atoms with Gasteiger partial charge in [-0.05, 0) is 47.3 Å². The van der Waals surface area contributed by atoms with Gasteiger partial charge in [-0.1, -0.05) is 81.2 Å². The van der Waals surface area contributed by atoms with E-state index >= 15 is 0 Å². The van der Waals surface area contributed by atoms with Crippen molar-refractivity contribution in [2.75, 3.05) is 0 Å². The normalized spacial score (nSPS) is 14.3. The zero-order valence-corrected chi connectivity index (χ0v) is 16.5. The molecule has 0 bridgehead atoms. The van der Waals surface area contributed by atoms with E-state index in [4.69, 9.17) is 0 Å². The maximum absolute atomic E-state index is 3.93. The molecule has 0 N–H and O–H groups in total. The number of hydrogen-bond acceptors (Lipinski definition) is 0. The average Bonchev–Trinajstić information content (AvgIpc) is 2.22. The van der Waals surface area contributed by atoms with Gasteiger partial charge in [0, 0.05) is 0 Å². The lowest BCUT2D eigenvalue weighted by Gasteiger charge is -2.49. The molecule has 0 atom stereocenters. The Bertz CT molecular complexity index is 315. The van der Waals surface area contributed by atoms with E-state index in [9.17, 15) is 0 Å². The number of allylic oxidation sites excluding steroid dienone is 1. The third-order valence-electron chi connectivity index (χ3n) is 5.58. The minimum atomic E-state index is 0.336. The van der Waals surface area contributed by atoms with Gasteiger partial charge in [0.25, 0.3) is 0 Å². The average molecular weight is 295 g/mol. The second-order valence-electron chi connectivity index (χ2n) is 10.0. The van der Waals surface area contributed by atoms with Crippen molar-refractivity contribution in [2.24, 2.45) is 21.7 Å². The molecule has 0 aliphatic heterocycles. The Morgan fingerprint density at radius 2 is 1.19 bits per heavy atom. The highest BCUT2D eigenvalue weighted by Gasteiger charge is 2.42. The topological polar surface area (TPSA) is 0 Å². The second kappa shape index (κ2) is 7.34. The van der Waals surface area contributed by atoms with Crippen LogP contribution in [-0.2, 0) is 0 Å². The lowest BCUT2D eigenvalue weighted by atomic mass is 9.56. The molecule has 0 fully saturated rings. The van der Waals surface area contributed by atoms with E-state index in [-0.39, 0.29) is 0 Å². The summed E-state index contributed by atoms with van der Waals surface area (Å²) in [4.78, 5) is 0. The maximum atomic E-state index is 3.93. The molecular formula is C21H42. The van der Waals surface area contributed by atoms with Gasteiger partial charge in [0.15, 0.2) is 0 Å². The number of unbranched alkanes of at least 4 members (excludes halogenated alkanes) is 1. The van der Waals surface area contributed by atoms with E-state index in [1.54, 1.807) is 0 Å². The third kappa shape index (κ3) is 7.02. The minimum Gasteiger partial charge on any atom is -0.103 e. The zero-order valence-electron chi connectivity index (χ0n) is 16.5. The van der Waals surface area contributed by atoms with Crippen molar-refractivity contribution in [1.29, 1.82) is 0 Å². The Kier molecular flexibility index (Phi) is 7.25. The highest BCUT2D eigenvalue weighted by molar-refractivity contribution is 4.94. The van der Waals surface area contributed by atoms with Gasteiger partial charge in [-0.2, -0.15) is 0 Å². The molecule has 0 heterocycles. The van der Waals surface area contributed by atoms with Crippen LogP contribution < -0.4 is 0 Å². The Labute approximate surface area is 135 Å². The summed E-state index contributed by atoms with van der Waals surface area (Å²) in [6.45, 7) is 25.8. The van der Waals surface area contributed by atoms with Gasteiger partial charge in [0.2, 0.25) is 0 Å². The van der Waals surface area contributed by atoms with Crippen LogP contribution in [0, 0.1) is 21.7 Å². The van der Waals surface area contributed by atoms with Crippen LogP contribution in [0.3, 0.4) is 0 Å². The fraction of sp³-hybridized carbons (Fsp3) is 0.905. The molecule has 0 spiro atoms. The molecular weight excluding hydrogens is 252 g/mol. The van der Waals surface area contributed by atoms with Gasteiger partial charge in [0.05, 0.1) is 0 Å². The first-order valence-corrected chi connectivity index (χ1v) is 8.89. The van der Waals surface area contributed by atoms with Gasteiger partial charge >= 0.3 is 0 Å². The minimum absolute atomic E-state index is 0.336. The molecule has 0 aromatic rings. The summed E-state index contributed by atoms with van der Waals surface area (Å²) in [5.41, 5.74) is 1.47. The summed E-state index contributed by atoms with van der Waals surface area (Å²) in [6, 6.07) is 0. The van der Waals surface area contributed by atoms with E-state index < -0.39 is 0 Å². The molecule has 0 saturated carbocycles. The van der Waals surface area contributed by atoms with Crippen molar-refractivity contribution in [3.63, 3.8) is 0 Å². The molecule has 0 saturated heterocycles. The molecule has 0 unspecified atom stereocenters. The molecule has 21 heavy (non-hydrogen) atoms. The van der Waals surface area contributed by atoms with Crippen LogP contribution in [0.25, 0.3) is 0 Å². The van der Waals surface area contributed by atoms with Crippen molar-refractivity contribution in [2.45, 2.75) is 101 Å². The monoisotopic (exact) mass is 294 g/mol. The summed E-state index contributed by atoms with van der Waals surface area (Å²) in [5.74, 6) is 0. The fourth-order valence-corrected chi connectivity index (χ4v) is 4.08. The smallest absolute Gasteiger partial charge is 0.0298 e. The van der Waals surface area contributed by atoms with Gasteiger partial charge in [-0.3, -0.25) is 0 Å². The summed E-state index contributed by atoms with van der Waals surface area (Å²) >= 11 is 0. The van der Waals surface area contributed by atoms with E-state index in [1.807, 2.05) is 0 Å². The van der Waals surface area contributed by atoms with E-state index in [0.717, 1.165) is 6.42 Å². The van der Waals surface area contributed by atoms with Crippen LogP contribution in [-0.4, -0.2) is 0 Å². The lowest BCUT2D eigenvalue weighted by molar-refractivity contribution is 0.0126. The second-order valence-corrected chi connectivity index (χ2v) is 10.0. The van der Waals surface area contributed by atoms with E-state index in [0.29, 0.717) is 21.7 Å². The van der Waals surface area contributed by atoms with Crippen molar-refractivity contribution >= 4 is 0 Å². The van der Waals surface area contributed by atoms with Crippen molar-refractivity contribution in [3.05, 3.63) is 12.7 Å². The van der Waals surface area contributed by atoms with Crippen molar-refractivity contribution in [3.8, 4) is 0 Å². The highest BCUT2D eigenvalue weighted by Crippen LogP contribution is 2.53. The van der Waals surface area contributed by atoms with Crippen LogP contribution in [0.5, 0.6) is 0 Å². The highest BCUT2D eigenvalue weighted by atomic mass is 14.5. The molecule has 0 aliphatic carbocycles. The van der Waals surface area contributed by atoms with Gasteiger partial charge in [-0.15, -0.1) is 6.58 Å². The maximum Gasteiger partial charge on any atom is -0.0298 e. The van der Waals surface area contributed by atoms with Crippen LogP contribution in [0.15, 0.2) is 12.7 Å². The molecule has 0 aromatic carbocycles. The van der Waals surface area contributed by atoms with E-state index in [2.05, 4.69) is 75.0 Å². The molecule has 0 rings (SSSR count). The standard InChI is InChI=1S/C21H42/c1-11-13-15-19(5,6)17-21(9,10)20(7,8)16-18(3,4)14-12-2/h12H,2,11,13-17H2,1,3-10H3. The van der Waals surface area contributed by atoms with Crippen molar-refractivity contribution in [1.82, 2.24) is 0 Å². The zero-order chi connectivity index (χ0) is 16.9. The molecule has 0 aromatic heterocycles. The predicted molar refractivity (Wildman–Crippen MR) is 98.7 cm³/mol. The largest absolute Gasteiger partial charge is 0.103 e. The lowest BCUT2D eigenvalue weighted by Crippen LogP contribution is -2.39. The van der Waals surface area contributed by atoms with Gasteiger partial charge in [-0.25, -0.2) is 0 Å². The quantitative estimate of drug-likeness (QED) is 0.363. The Balaban J connectivity index is 4.97. The number of hydrogen-bond donors (Lipinski definition) is 0. The van der Waals surface area contributed by atoms with Gasteiger partial charge < -0.3 is 0 Å². The summed E-state index contributed by atoms with van der Waals surface area (Å²) in [6.07, 6.45) is 9.74. The molecule has 0 heteroatoms. The fourth-order valence-electron chi connectivity index (χ4n) is 4.08. The first kappa shape index (κ1) is 20.7. The number of rotatable bonds is 10. The molecule has 0 aliphatic rings. The van der Waals surface area contributed by atoms with Gasteiger partial charge in [0.1, 0.15) is 0 Å². The van der Waals surface area contributed by atoms with Crippen LogP contribution >= 0.6 is 0 Å². The summed E-state index contributed by atoms with van der Waals surface area (Å²) in [5, 5.41) is 0. The molecule has 0 radical (unpaired) electrons. The Morgan fingerprint density at radius 3 is 1.57 bits per heavy atom. The van der Waals surface area contributed by atoms with Crippen molar-refractivity contribution < 1.29 is 0 Å². The summed E-state index contributed by atoms with van der Waals surface area (Å²) in [7, 11) is 0. The third-order valence-corrected chi connectivity index (χ3v) is 5.58. The van der Waals surface area contributed by atoms with Crippen LogP contribution in [0.2, 0.25) is 0 Å². The molecule has 0 amide bonds. The molecule has 126 valence electrons. The first-order valence-electron chi connectivity index (χ1n) is 8.89. The molecule has 0 nitrogen and oxygen atoms in total. The van der Waals surface area contributed by atoms with E-state index in [1.165, 1.54) is 32.1 Å². The predicted octanol–water partition coefficient (Wildman–Crippen LogP) is 7.64. The van der Waals surface area contributed by atoms with Crippen LogP contribution in [0.4, 0.5) is 0 Å². The Hall–Kier alpha value is -0.260.